The lowest BCUT2D eigenvalue weighted by Gasteiger charge is -2.40. The second-order valence-electron chi connectivity index (χ2n) is 31.2. The zero-order valence-corrected chi connectivity index (χ0v) is 70.7. The first-order valence-electron chi connectivity index (χ1n) is 38.4. The highest BCUT2D eigenvalue weighted by Gasteiger charge is 2.65. The lowest BCUT2D eigenvalue weighted by atomic mass is 9.64. The van der Waals surface area contributed by atoms with E-state index in [0.29, 0.717) is 76.0 Å². The summed E-state index contributed by atoms with van der Waals surface area (Å²) in [6.07, 6.45) is -2.50. The molecule has 20 nitrogen and oxygen atoms in total. The van der Waals surface area contributed by atoms with Crippen molar-refractivity contribution in [2.75, 3.05) is 47.4 Å². The molecule has 12 atom stereocenters. The second kappa shape index (κ2) is 35.3. The van der Waals surface area contributed by atoms with E-state index in [-0.39, 0.29) is 122 Å². The summed E-state index contributed by atoms with van der Waals surface area (Å²) >= 11 is 49.8. The van der Waals surface area contributed by atoms with Crippen LogP contribution in [0.3, 0.4) is 0 Å². The largest absolute Gasteiger partial charge is 0.374 e. The Morgan fingerprint density at radius 3 is 0.759 bits per heavy atom. The molecule has 28 heteroatoms. The topological polar surface area (TPSA) is 270 Å². The number of hydrogen-bond acceptors (Lipinski definition) is 12. The smallest absolute Gasteiger partial charge is 0.238 e. The van der Waals surface area contributed by atoms with E-state index < -0.39 is 57.9 Å². The minimum absolute atomic E-state index is 0.0880. The monoisotopic (exact) mass is 1730 g/mol. The van der Waals surface area contributed by atoms with Crippen molar-refractivity contribution in [1.29, 1.82) is 0 Å². The van der Waals surface area contributed by atoms with Crippen molar-refractivity contribution in [1.82, 2.24) is 21.3 Å². The van der Waals surface area contributed by atoms with Gasteiger partial charge in [-0.25, -0.2) is 0 Å². The molecule has 8 aliphatic heterocycles. The van der Waals surface area contributed by atoms with Crippen LogP contribution in [0.1, 0.15) is 149 Å². The van der Waals surface area contributed by atoms with E-state index >= 15 is 0 Å². The minimum atomic E-state index is -1.09. The van der Waals surface area contributed by atoms with Gasteiger partial charge in [-0.1, -0.05) is 166 Å². The summed E-state index contributed by atoms with van der Waals surface area (Å²) in [6, 6.07) is 51.0. The molecule has 16 rings (SSSR count). The van der Waals surface area contributed by atoms with Gasteiger partial charge >= 0.3 is 0 Å². The number of fused-ring (bicyclic) bond motifs is 8. The molecule has 8 aromatic rings. The molecule has 0 unspecified atom stereocenters. The maximum atomic E-state index is 13.6. The Hall–Kier alpha value is -8.32. The van der Waals surface area contributed by atoms with Crippen LogP contribution < -0.4 is 42.5 Å². The van der Waals surface area contributed by atoms with E-state index in [2.05, 4.69) is 42.5 Å². The van der Waals surface area contributed by atoms with Gasteiger partial charge in [-0.05, 0) is 197 Å². The Bertz CT molecular complexity index is 4720. The van der Waals surface area contributed by atoms with E-state index in [9.17, 15) is 38.4 Å². The first-order valence-corrected chi connectivity index (χ1v) is 41.5. The quantitative estimate of drug-likeness (QED) is 0.0567. The maximum Gasteiger partial charge on any atom is 0.238 e. The fourth-order valence-electron chi connectivity index (χ4n) is 18.4. The van der Waals surface area contributed by atoms with Gasteiger partial charge < -0.3 is 61.5 Å². The standard InChI is InChI=1S/4C22H22Cl2N2O3/c2*1-12(2)29-19-10-20(27)25-11-17(13-4-3-5-14(23)8-13)22(19)16-7-6-15(24)9-18(16)26-21(22)28;2*1-12(2)29-19-11-25-20(27)10-17(13-4-3-5-14(23)8-13)22(19)16-7-6-15(24)9-18(16)26-21(22)28/h4*3-9,12,17,19H,10-11H2,1-2H3,(H,25,27)(H,26,28)/t4*17-,19-,22-/m1010/s1. The van der Waals surface area contributed by atoms with Gasteiger partial charge in [0, 0.05) is 126 Å². The lowest BCUT2D eigenvalue weighted by molar-refractivity contribution is -0.135. The van der Waals surface area contributed by atoms with Crippen molar-refractivity contribution in [3.63, 3.8) is 0 Å². The third-order valence-corrected chi connectivity index (χ3v) is 24.6. The highest BCUT2D eigenvalue weighted by molar-refractivity contribution is 6.34. The van der Waals surface area contributed by atoms with Gasteiger partial charge in [-0.15, -0.1) is 0 Å². The Morgan fingerprint density at radius 2 is 0.500 bits per heavy atom. The molecule has 4 saturated heterocycles. The summed E-state index contributed by atoms with van der Waals surface area (Å²) in [7, 11) is 0. The molecule has 4 spiro atoms. The van der Waals surface area contributed by atoms with Gasteiger partial charge in [0.05, 0.1) is 61.7 Å². The van der Waals surface area contributed by atoms with Gasteiger partial charge in [0.2, 0.25) is 47.3 Å². The first kappa shape index (κ1) is 85.6. The number of hydrogen-bond donors (Lipinski definition) is 8. The predicted molar refractivity (Wildman–Crippen MR) is 454 cm³/mol. The molecule has 0 saturated carbocycles. The van der Waals surface area contributed by atoms with Crippen molar-refractivity contribution in [2.45, 2.75) is 175 Å². The van der Waals surface area contributed by atoms with Crippen LogP contribution in [-0.2, 0) is 79.0 Å². The molecule has 116 heavy (non-hydrogen) atoms. The van der Waals surface area contributed by atoms with Crippen LogP contribution in [0.15, 0.2) is 170 Å². The second-order valence-corrected chi connectivity index (χ2v) is 34.7. The van der Waals surface area contributed by atoms with Crippen molar-refractivity contribution >= 4 is 163 Å². The fourth-order valence-corrected chi connectivity index (χ4v) is 19.8. The molecular formula is C88H88Cl8N8O12. The molecule has 8 aromatic carbocycles. The van der Waals surface area contributed by atoms with Crippen molar-refractivity contribution in [3.05, 3.63) is 255 Å². The van der Waals surface area contributed by atoms with Crippen LogP contribution in [0, 0.1) is 0 Å². The van der Waals surface area contributed by atoms with Crippen LogP contribution in [0.4, 0.5) is 22.7 Å². The number of rotatable bonds is 12. The number of amides is 8. The SMILES string of the molecule is CC(C)O[C@@H]1CC(=O)NC[C@H](c2cccc(Cl)c2)[C@@]12C(=O)Nc1cc(Cl)ccc12.CC(C)O[C@@H]1CNC(=O)C[C@H](c2cccc(Cl)c2)[C@@]12C(=O)Nc1cc(Cl)ccc12.CC(C)O[C@H]1CC(=O)NC[C@@H](c2cccc(Cl)c2)[C@]12C(=O)Nc1cc(Cl)ccc12.CC(C)O[C@H]1CNC(=O)C[C@@H](c2cccc(Cl)c2)[C@]12C(=O)Nc1cc(Cl)ccc12. The normalized spacial score (nSPS) is 26.2. The molecule has 8 N–H and O–H groups in total. The average Bonchev–Trinajstić information content (AvgIpc) is 1.57. The molecule has 0 aromatic heterocycles. The van der Waals surface area contributed by atoms with E-state index in [1.165, 1.54) is 0 Å². The number of carbonyl (C=O) groups excluding carboxylic acids is 8. The summed E-state index contributed by atoms with van der Waals surface area (Å²) < 4.78 is 25.0. The summed E-state index contributed by atoms with van der Waals surface area (Å²) in [4.78, 5) is 105. The summed E-state index contributed by atoms with van der Waals surface area (Å²) in [5, 5.41) is 28.1. The van der Waals surface area contributed by atoms with Crippen molar-refractivity contribution in [2.24, 2.45) is 0 Å². The zero-order chi connectivity index (χ0) is 83.0. The third-order valence-electron chi connectivity index (χ3n) is 22.7. The minimum Gasteiger partial charge on any atom is -0.374 e. The average molecular weight is 1730 g/mol. The predicted octanol–water partition coefficient (Wildman–Crippen LogP) is 17.1. The maximum absolute atomic E-state index is 13.6. The molecule has 4 fully saturated rings. The number of ether oxygens (including phenoxy) is 4. The van der Waals surface area contributed by atoms with Gasteiger partial charge in [0.15, 0.2) is 0 Å². The van der Waals surface area contributed by atoms with E-state index in [1.54, 1.807) is 72.8 Å². The van der Waals surface area contributed by atoms with Gasteiger partial charge in [0.25, 0.3) is 0 Å². The number of anilines is 4. The Balaban J connectivity index is 0.000000135. The number of benzene rings is 8. The van der Waals surface area contributed by atoms with Crippen LogP contribution in [-0.4, -0.2) is 122 Å². The summed E-state index contributed by atoms with van der Waals surface area (Å²) in [5.41, 5.74) is 4.81. The molecule has 0 bridgehead atoms. The van der Waals surface area contributed by atoms with Crippen LogP contribution in [0.25, 0.3) is 0 Å². The molecule has 8 aliphatic rings. The third kappa shape index (κ3) is 16.7. The lowest BCUT2D eigenvalue weighted by Crippen LogP contribution is -2.53. The fraction of sp³-hybridized carbons (Fsp3) is 0.364. The molecule has 0 radical (unpaired) electrons. The van der Waals surface area contributed by atoms with Crippen LogP contribution >= 0.6 is 92.8 Å². The highest BCUT2D eigenvalue weighted by Crippen LogP contribution is 2.58. The van der Waals surface area contributed by atoms with Crippen molar-refractivity contribution < 1.29 is 57.3 Å². The van der Waals surface area contributed by atoms with Gasteiger partial charge in [-0.3, -0.25) is 38.4 Å². The number of carbonyl (C=O) groups is 8. The highest BCUT2D eigenvalue weighted by atomic mass is 35.5. The Kier molecular flexibility index (Phi) is 26.0. The Labute approximate surface area is 713 Å². The molecule has 608 valence electrons. The van der Waals surface area contributed by atoms with Crippen molar-refractivity contribution in [3.8, 4) is 0 Å². The first-order chi connectivity index (χ1) is 55.3. The van der Waals surface area contributed by atoms with Crippen LogP contribution in [0.2, 0.25) is 40.2 Å². The summed E-state index contributed by atoms with van der Waals surface area (Å²) in [5.74, 6) is -2.93. The number of halogens is 8. The molecular weight excluding hydrogens is 1640 g/mol. The van der Waals surface area contributed by atoms with E-state index in [4.69, 9.17) is 112 Å². The van der Waals surface area contributed by atoms with E-state index in [0.717, 1.165) is 44.5 Å². The number of nitrogens with one attached hydrogen (secondary N) is 8. The zero-order valence-electron chi connectivity index (χ0n) is 64.7. The summed E-state index contributed by atoms with van der Waals surface area (Å²) in [6.45, 7) is 16.4. The Morgan fingerprint density at radius 1 is 0.276 bits per heavy atom. The molecule has 8 heterocycles. The molecule has 8 amide bonds. The van der Waals surface area contributed by atoms with E-state index in [1.807, 2.05) is 152 Å². The van der Waals surface area contributed by atoms with Gasteiger partial charge in [-0.2, -0.15) is 0 Å². The molecule has 0 aliphatic carbocycles. The van der Waals surface area contributed by atoms with Crippen LogP contribution in [0.5, 0.6) is 0 Å². The van der Waals surface area contributed by atoms with Gasteiger partial charge in [0.1, 0.15) is 21.7 Å².